The van der Waals surface area contributed by atoms with Crippen LogP contribution >= 0.6 is 0 Å². The zero-order valence-electron chi connectivity index (χ0n) is 7.07. The summed E-state index contributed by atoms with van der Waals surface area (Å²) in [5, 5.41) is 20.8. The van der Waals surface area contributed by atoms with Gasteiger partial charge in [0.2, 0.25) is 0 Å². The molecule has 3 nitrogen and oxygen atoms in total. The normalized spacial score (nSPS) is 11.7. The molecule has 0 radical (unpaired) electrons. The van der Waals surface area contributed by atoms with E-state index in [1.807, 2.05) is 6.92 Å². The van der Waals surface area contributed by atoms with Crippen LogP contribution in [0.2, 0.25) is 0 Å². The lowest BCUT2D eigenvalue weighted by Gasteiger charge is -2.02. The van der Waals surface area contributed by atoms with E-state index in [1.54, 1.807) is 25.1 Å². The fraction of sp³-hybridized carbons (Fsp3) is 0.222. The summed E-state index contributed by atoms with van der Waals surface area (Å²) in [6, 6.07) is 5.15. The average molecular weight is 165 g/mol. The molecule has 0 fully saturated rings. The van der Waals surface area contributed by atoms with E-state index in [9.17, 15) is 5.11 Å². The van der Waals surface area contributed by atoms with E-state index in [-0.39, 0.29) is 5.75 Å². The van der Waals surface area contributed by atoms with Crippen molar-refractivity contribution in [2.45, 2.75) is 13.8 Å². The predicted octanol–water partition coefficient (Wildman–Crippen LogP) is 1.90. The van der Waals surface area contributed by atoms with E-state index in [0.717, 1.165) is 5.56 Å². The first kappa shape index (κ1) is 8.59. The molecule has 64 valence electrons. The Bertz CT molecular complexity index is 318. The topological polar surface area (TPSA) is 52.8 Å². The van der Waals surface area contributed by atoms with Crippen molar-refractivity contribution in [3.05, 3.63) is 29.3 Å². The van der Waals surface area contributed by atoms with Gasteiger partial charge in [0.05, 0.1) is 5.71 Å². The molecule has 0 saturated carbocycles. The first-order chi connectivity index (χ1) is 5.65. The number of phenolic OH excluding ortho intramolecular Hbond substituents is 1. The molecule has 1 aromatic carbocycles. The minimum Gasteiger partial charge on any atom is -0.507 e. The van der Waals surface area contributed by atoms with Crippen molar-refractivity contribution in [3.8, 4) is 5.75 Å². The van der Waals surface area contributed by atoms with Crippen molar-refractivity contribution in [1.82, 2.24) is 0 Å². The number of phenols is 1. The lowest BCUT2D eigenvalue weighted by molar-refractivity contribution is 0.318. The van der Waals surface area contributed by atoms with Crippen LogP contribution < -0.4 is 0 Å². The highest BCUT2D eigenvalue weighted by molar-refractivity contribution is 6.00. The molecule has 0 unspecified atom stereocenters. The van der Waals surface area contributed by atoms with Crippen LogP contribution in [-0.4, -0.2) is 16.0 Å². The maximum Gasteiger partial charge on any atom is 0.124 e. The molecule has 0 aliphatic rings. The minimum atomic E-state index is 0.135. The third-order valence-electron chi connectivity index (χ3n) is 1.69. The Morgan fingerprint density at radius 1 is 1.42 bits per heavy atom. The van der Waals surface area contributed by atoms with E-state index >= 15 is 0 Å². The van der Waals surface area contributed by atoms with Crippen molar-refractivity contribution < 1.29 is 10.3 Å². The Labute approximate surface area is 71.0 Å². The average Bonchev–Trinajstić information content (AvgIpc) is 2.08. The summed E-state index contributed by atoms with van der Waals surface area (Å²) < 4.78 is 0. The fourth-order valence-corrected chi connectivity index (χ4v) is 0.994. The van der Waals surface area contributed by atoms with E-state index < -0.39 is 0 Å². The largest absolute Gasteiger partial charge is 0.507 e. The van der Waals surface area contributed by atoms with Gasteiger partial charge in [-0.15, -0.1) is 0 Å². The van der Waals surface area contributed by atoms with E-state index in [1.165, 1.54) is 0 Å². The van der Waals surface area contributed by atoms with Gasteiger partial charge in [0, 0.05) is 5.56 Å². The summed E-state index contributed by atoms with van der Waals surface area (Å²) in [5.41, 5.74) is 2.00. The van der Waals surface area contributed by atoms with Crippen molar-refractivity contribution in [3.63, 3.8) is 0 Å². The van der Waals surface area contributed by atoms with E-state index in [0.29, 0.717) is 11.3 Å². The summed E-state index contributed by atoms with van der Waals surface area (Å²) in [4.78, 5) is 0. The lowest BCUT2D eigenvalue weighted by Crippen LogP contribution is -1.95. The van der Waals surface area contributed by atoms with Crippen molar-refractivity contribution in [2.24, 2.45) is 5.16 Å². The van der Waals surface area contributed by atoms with Gasteiger partial charge in [0.25, 0.3) is 0 Å². The second-order valence-electron chi connectivity index (χ2n) is 2.71. The Balaban J connectivity index is 3.23. The monoisotopic (exact) mass is 165 g/mol. The number of rotatable bonds is 1. The SMILES string of the molecule is C/C(=N/O)c1cc(C)ccc1O. The molecule has 0 heterocycles. The molecule has 0 bridgehead atoms. The molecule has 12 heavy (non-hydrogen) atoms. The van der Waals surface area contributed by atoms with Gasteiger partial charge in [0.15, 0.2) is 0 Å². The number of aryl methyl sites for hydroxylation is 1. The van der Waals surface area contributed by atoms with Crippen molar-refractivity contribution in [2.75, 3.05) is 0 Å². The van der Waals surface area contributed by atoms with Crippen molar-refractivity contribution >= 4 is 5.71 Å². The van der Waals surface area contributed by atoms with Crippen LogP contribution in [0.4, 0.5) is 0 Å². The second kappa shape index (κ2) is 3.26. The molecule has 0 aromatic heterocycles. The zero-order valence-corrected chi connectivity index (χ0v) is 7.07. The maximum atomic E-state index is 9.34. The molecular weight excluding hydrogens is 154 g/mol. The number of aromatic hydroxyl groups is 1. The Morgan fingerprint density at radius 2 is 2.08 bits per heavy atom. The van der Waals surface area contributed by atoms with Crippen LogP contribution in [0.25, 0.3) is 0 Å². The number of hydrogen-bond donors (Lipinski definition) is 2. The van der Waals surface area contributed by atoms with Gasteiger partial charge in [-0.25, -0.2) is 0 Å². The molecule has 0 saturated heterocycles. The van der Waals surface area contributed by atoms with Gasteiger partial charge >= 0.3 is 0 Å². The fourth-order valence-electron chi connectivity index (χ4n) is 0.994. The van der Waals surface area contributed by atoms with Crippen LogP contribution in [0.1, 0.15) is 18.1 Å². The Kier molecular flexibility index (Phi) is 2.33. The van der Waals surface area contributed by atoms with Crippen LogP contribution in [0, 0.1) is 6.92 Å². The predicted molar refractivity (Wildman–Crippen MR) is 46.8 cm³/mol. The molecule has 0 amide bonds. The molecule has 1 aromatic rings. The number of benzene rings is 1. The number of hydrogen-bond acceptors (Lipinski definition) is 3. The van der Waals surface area contributed by atoms with Crippen molar-refractivity contribution in [1.29, 1.82) is 0 Å². The highest BCUT2D eigenvalue weighted by Crippen LogP contribution is 2.18. The quantitative estimate of drug-likeness (QED) is 0.379. The van der Waals surface area contributed by atoms with Gasteiger partial charge in [-0.2, -0.15) is 0 Å². The van der Waals surface area contributed by atoms with Crippen LogP contribution in [-0.2, 0) is 0 Å². The Morgan fingerprint density at radius 3 is 2.67 bits per heavy atom. The second-order valence-corrected chi connectivity index (χ2v) is 2.71. The Hall–Kier alpha value is -1.51. The summed E-state index contributed by atoms with van der Waals surface area (Å²) in [6.45, 7) is 3.54. The highest BCUT2D eigenvalue weighted by Gasteiger charge is 2.04. The maximum absolute atomic E-state index is 9.34. The van der Waals surface area contributed by atoms with Gasteiger partial charge in [0.1, 0.15) is 5.75 Å². The summed E-state index contributed by atoms with van der Waals surface area (Å²) in [7, 11) is 0. The van der Waals surface area contributed by atoms with Crippen LogP contribution in [0.15, 0.2) is 23.4 Å². The third kappa shape index (κ3) is 1.56. The number of oxime groups is 1. The molecule has 0 atom stereocenters. The van der Waals surface area contributed by atoms with Gasteiger partial charge in [-0.3, -0.25) is 0 Å². The minimum absolute atomic E-state index is 0.135. The smallest absolute Gasteiger partial charge is 0.124 e. The van der Waals surface area contributed by atoms with E-state index in [2.05, 4.69) is 5.16 Å². The first-order valence-electron chi connectivity index (χ1n) is 3.64. The molecule has 0 aliphatic heterocycles. The lowest BCUT2D eigenvalue weighted by atomic mass is 10.1. The highest BCUT2D eigenvalue weighted by atomic mass is 16.4. The van der Waals surface area contributed by atoms with E-state index in [4.69, 9.17) is 5.21 Å². The zero-order chi connectivity index (χ0) is 9.14. The van der Waals surface area contributed by atoms with Crippen LogP contribution in [0.5, 0.6) is 5.75 Å². The molecule has 1 rings (SSSR count). The number of nitrogens with zero attached hydrogens (tertiary/aromatic N) is 1. The molecule has 2 N–H and O–H groups in total. The van der Waals surface area contributed by atoms with Crippen LogP contribution in [0.3, 0.4) is 0 Å². The molecule has 0 spiro atoms. The molecule has 0 aliphatic carbocycles. The summed E-state index contributed by atoms with van der Waals surface area (Å²) >= 11 is 0. The standard InChI is InChI=1S/C9H11NO2/c1-6-3-4-9(11)8(5-6)7(2)10-12/h3-5,11-12H,1-2H3/b10-7-. The molecule has 3 heteroatoms. The van der Waals surface area contributed by atoms with Gasteiger partial charge < -0.3 is 10.3 Å². The molecular formula is C9H11NO2. The summed E-state index contributed by atoms with van der Waals surface area (Å²) in [6.07, 6.45) is 0. The van der Waals surface area contributed by atoms with Gasteiger partial charge in [-0.05, 0) is 26.0 Å². The summed E-state index contributed by atoms with van der Waals surface area (Å²) in [5.74, 6) is 0.135. The van der Waals surface area contributed by atoms with Gasteiger partial charge in [-0.1, -0.05) is 16.8 Å². The third-order valence-corrected chi connectivity index (χ3v) is 1.69. The first-order valence-corrected chi connectivity index (χ1v) is 3.64.